The molecule has 2 aromatic carbocycles. The van der Waals surface area contributed by atoms with E-state index in [1.165, 1.54) is 5.56 Å². The van der Waals surface area contributed by atoms with Gasteiger partial charge in [-0.1, -0.05) is 42.0 Å². The Hall–Kier alpha value is -2.99. The summed E-state index contributed by atoms with van der Waals surface area (Å²) in [5.41, 5.74) is 9.00. The molecule has 1 atom stereocenters. The third-order valence-corrected chi connectivity index (χ3v) is 5.47. The first-order valence-electron chi connectivity index (χ1n) is 10.1. The van der Waals surface area contributed by atoms with Crippen LogP contribution in [0.1, 0.15) is 23.9 Å². The van der Waals surface area contributed by atoms with E-state index in [1.807, 2.05) is 42.2 Å². The van der Waals surface area contributed by atoms with Crippen molar-refractivity contribution in [3.05, 3.63) is 65.5 Å². The van der Waals surface area contributed by atoms with Gasteiger partial charge in [0.15, 0.2) is 0 Å². The van der Waals surface area contributed by atoms with Crippen molar-refractivity contribution in [2.75, 3.05) is 24.5 Å². The topological polar surface area (TPSA) is 75.3 Å². The summed E-state index contributed by atoms with van der Waals surface area (Å²) < 4.78 is 0. The Labute approximate surface area is 171 Å². The molecule has 6 nitrogen and oxygen atoms in total. The Balaban J connectivity index is 1.62. The average Bonchev–Trinajstić information content (AvgIpc) is 2.71. The number of piperazine rings is 1. The van der Waals surface area contributed by atoms with E-state index in [9.17, 15) is 4.79 Å². The van der Waals surface area contributed by atoms with Crippen molar-refractivity contribution < 1.29 is 4.79 Å². The van der Waals surface area contributed by atoms with Crippen LogP contribution in [0.25, 0.3) is 10.9 Å². The van der Waals surface area contributed by atoms with Crippen LogP contribution in [-0.4, -0.2) is 46.5 Å². The van der Waals surface area contributed by atoms with Crippen molar-refractivity contribution in [3.8, 4) is 0 Å². The van der Waals surface area contributed by atoms with Gasteiger partial charge in [0, 0.05) is 31.4 Å². The minimum atomic E-state index is -0.280. The molecule has 1 aliphatic rings. The number of anilines is 1. The van der Waals surface area contributed by atoms with Crippen LogP contribution < -0.4 is 10.6 Å². The molecule has 0 unspecified atom stereocenters. The lowest BCUT2D eigenvalue weighted by Gasteiger charge is -2.40. The first-order chi connectivity index (χ1) is 14.1. The van der Waals surface area contributed by atoms with Crippen molar-refractivity contribution >= 4 is 22.6 Å². The van der Waals surface area contributed by atoms with Gasteiger partial charge in [-0.3, -0.25) is 4.79 Å². The minimum absolute atomic E-state index is 0.126. The summed E-state index contributed by atoms with van der Waals surface area (Å²) in [5.74, 6) is 1.68. The largest absolute Gasteiger partial charge is 0.342 e. The maximum absolute atomic E-state index is 13.2. The monoisotopic (exact) mass is 389 g/mol. The number of amides is 1. The molecule has 0 aliphatic carbocycles. The third kappa shape index (κ3) is 3.93. The predicted octanol–water partition coefficient (Wildman–Crippen LogP) is 2.68. The SMILES string of the molecule is Cc1cccc(CN2CCN(c3nc(CCN)nc4ccccc34)[C@H](C)C2=O)c1. The molecule has 1 aromatic heterocycles. The molecule has 0 saturated carbocycles. The van der Waals surface area contributed by atoms with Gasteiger partial charge in [0.1, 0.15) is 17.7 Å². The second kappa shape index (κ2) is 8.17. The fourth-order valence-electron chi connectivity index (χ4n) is 3.97. The zero-order chi connectivity index (χ0) is 20.4. The Kier molecular flexibility index (Phi) is 5.45. The van der Waals surface area contributed by atoms with E-state index >= 15 is 0 Å². The molecule has 1 fully saturated rings. The summed E-state index contributed by atoms with van der Waals surface area (Å²) in [7, 11) is 0. The summed E-state index contributed by atoms with van der Waals surface area (Å²) in [6.45, 7) is 6.58. The van der Waals surface area contributed by atoms with E-state index in [1.54, 1.807) is 0 Å². The summed E-state index contributed by atoms with van der Waals surface area (Å²) in [5, 5.41) is 0.972. The molecule has 4 rings (SSSR count). The molecule has 29 heavy (non-hydrogen) atoms. The zero-order valence-corrected chi connectivity index (χ0v) is 17.0. The highest BCUT2D eigenvalue weighted by molar-refractivity contribution is 5.93. The van der Waals surface area contributed by atoms with Crippen LogP contribution >= 0.6 is 0 Å². The lowest BCUT2D eigenvalue weighted by Crippen LogP contribution is -2.56. The summed E-state index contributed by atoms with van der Waals surface area (Å²) in [4.78, 5) is 26.6. The molecular formula is C23H27N5O. The Bertz CT molecular complexity index is 1030. The molecule has 150 valence electrons. The average molecular weight is 390 g/mol. The number of nitrogens with zero attached hydrogens (tertiary/aromatic N) is 4. The zero-order valence-electron chi connectivity index (χ0n) is 17.0. The highest BCUT2D eigenvalue weighted by Gasteiger charge is 2.33. The lowest BCUT2D eigenvalue weighted by atomic mass is 10.1. The van der Waals surface area contributed by atoms with Gasteiger partial charge in [-0.25, -0.2) is 9.97 Å². The van der Waals surface area contributed by atoms with Crippen molar-refractivity contribution in [2.24, 2.45) is 5.73 Å². The molecule has 3 aromatic rings. The molecule has 0 spiro atoms. The summed E-state index contributed by atoms with van der Waals surface area (Å²) >= 11 is 0. The van der Waals surface area contributed by atoms with Crippen LogP contribution in [0.3, 0.4) is 0 Å². The number of benzene rings is 2. The maximum atomic E-state index is 13.2. The standard InChI is InChI=1S/C23H27N5O/c1-16-6-5-7-18(14-16)15-27-12-13-28(17(2)23(27)29)22-19-8-3-4-9-20(19)25-21(26-22)10-11-24/h3-9,14,17H,10-13,15,24H2,1-2H3/t17-/m1/s1. The molecule has 1 saturated heterocycles. The van der Waals surface area contributed by atoms with E-state index in [0.29, 0.717) is 26.1 Å². The van der Waals surface area contributed by atoms with E-state index in [4.69, 9.17) is 10.7 Å². The molecule has 1 amide bonds. The quantitative estimate of drug-likeness (QED) is 0.726. The van der Waals surface area contributed by atoms with Crippen molar-refractivity contribution in [3.63, 3.8) is 0 Å². The number of aryl methyl sites for hydroxylation is 1. The normalized spacial score (nSPS) is 17.2. The molecule has 2 heterocycles. The number of fused-ring (bicyclic) bond motifs is 1. The van der Waals surface area contributed by atoms with Crippen molar-refractivity contribution in [1.29, 1.82) is 0 Å². The second-order valence-electron chi connectivity index (χ2n) is 7.64. The van der Waals surface area contributed by atoms with Gasteiger partial charge in [-0.15, -0.1) is 0 Å². The van der Waals surface area contributed by atoms with Gasteiger partial charge in [0.2, 0.25) is 5.91 Å². The summed E-state index contributed by atoms with van der Waals surface area (Å²) in [6.07, 6.45) is 0.619. The smallest absolute Gasteiger partial charge is 0.245 e. The Morgan fingerprint density at radius 2 is 1.93 bits per heavy atom. The second-order valence-corrected chi connectivity index (χ2v) is 7.64. The molecule has 0 radical (unpaired) electrons. The predicted molar refractivity (Wildman–Crippen MR) is 116 cm³/mol. The molecular weight excluding hydrogens is 362 g/mol. The van der Waals surface area contributed by atoms with Crippen LogP contribution in [0.5, 0.6) is 0 Å². The minimum Gasteiger partial charge on any atom is -0.342 e. The number of hydrogen-bond donors (Lipinski definition) is 1. The van der Waals surface area contributed by atoms with Crippen molar-refractivity contribution in [1.82, 2.24) is 14.9 Å². The molecule has 6 heteroatoms. The number of carbonyl (C=O) groups excluding carboxylic acids is 1. The number of rotatable bonds is 5. The van der Waals surface area contributed by atoms with Crippen LogP contribution in [0.15, 0.2) is 48.5 Å². The van der Waals surface area contributed by atoms with E-state index in [-0.39, 0.29) is 11.9 Å². The van der Waals surface area contributed by atoms with Crippen LogP contribution in [0.4, 0.5) is 5.82 Å². The van der Waals surface area contributed by atoms with Gasteiger partial charge in [0.05, 0.1) is 5.52 Å². The highest BCUT2D eigenvalue weighted by atomic mass is 16.2. The summed E-state index contributed by atoms with van der Waals surface area (Å²) in [6, 6.07) is 16.0. The fourth-order valence-corrected chi connectivity index (χ4v) is 3.97. The maximum Gasteiger partial charge on any atom is 0.245 e. The Morgan fingerprint density at radius 1 is 1.10 bits per heavy atom. The Morgan fingerprint density at radius 3 is 2.72 bits per heavy atom. The van der Waals surface area contributed by atoms with E-state index < -0.39 is 0 Å². The number of hydrogen-bond acceptors (Lipinski definition) is 5. The van der Waals surface area contributed by atoms with Crippen LogP contribution in [0.2, 0.25) is 0 Å². The van der Waals surface area contributed by atoms with Gasteiger partial charge in [-0.2, -0.15) is 0 Å². The number of aromatic nitrogens is 2. The number of para-hydroxylation sites is 1. The molecule has 2 N–H and O–H groups in total. The van der Waals surface area contributed by atoms with Crippen LogP contribution in [-0.2, 0) is 17.8 Å². The van der Waals surface area contributed by atoms with Crippen molar-refractivity contribution in [2.45, 2.75) is 32.9 Å². The number of carbonyl (C=O) groups is 1. The first kappa shape index (κ1) is 19.3. The van der Waals surface area contributed by atoms with Gasteiger partial charge >= 0.3 is 0 Å². The lowest BCUT2D eigenvalue weighted by molar-refractivity contribution is -0.134. The number of nitrogens with two attached hydrogens (primary N) is 1. The first-order valence-corrected chi connectivity index (χ1v) is 10.1. The molecule has 1 aliphatic heterocycles. The molecule has 0 bridgehead atoms. The van der Waals surface area contributed by atoms with Gasteiger partial charge < -0.3 is 15.5 Å². The van der Waals surface area contributed by atoms with E-state index in [0.717, 1.165) is 34.7 Å². The van der Waals surface area contributed by atoms with Gasteiger partial charge in [0.25, 0.3) is 0 Å². The van der Waals surface area contributed by atoms with Crippen LogP contribution in [0, 0.1) is 6.92 Å². The van der Waals surface area contributed by atoms with E-state index in [2.05, 4.69) is 35.0 Å². The third-order valence-electron chi connectivity index (χ3n) is 5.47. The van der Waals surface area contributed by atoms with Gasteiger partial charge in [-0.05, 0) is 38.1 Å². The highest BCUT2D eigenvalue weighted by Crippen LogP contribution is 2.28. The fraction of sp³-hybridized carbons (Fsp3) is 0.348.